The van der Waals surface area contributed by atoms with Crippen LogP contribution in [0, 0.1) is 12.3 Å². The predicted molar refractivity (Wildman–Crippen MR) is 100 cm³/mol. The Hall–Kier alpha value is -3.61. The van der Waals surface area contributed by atoms with Gasteiger partial charge in [0.2, 0.25) is 5.91 Å². The summed E-state index contributed by atoms with van der Waals surface area (Å²) < 4.78 is 0. The van der Waals surface area contributed by atoms with Crippen molar-refractivity contribution < 1.29 is 4.79 Å². The molecular weight excluding hydrogens is 316 g/mol. The molecule has 25 heavy (non-hydrogen) atoms. The molecule has 1 amide bonds. The van der Waals surface area contributed by atoms with E-state index in [2.05, 4.69) is 27.4 Å². The molecule has 0 bridgehead atoms. The molecule has 3 rings (SSSR count). The monoisotopic (exact) mass is 334 g/mol. The molecule has 0 spiro atoms. The molecule has 7 heteroatoms. The van der Waals surface area contributed by atoms with Crippen LogP contribution in [0.15, 0.2) is 48.9 Å². The molecule has 1 aromatic heterocycles. The number of nitrogens with two attached hydrogens (primary N) is 1. The summed E-state index contributed by atoms with van der Waals surface area (Å²) >= 11 is 0. The van der Waals surface area contributed by atoms with Gasteiger partial charge < -0.3 is 21.8 Å². The van der Waals surface area contributed by atoms with Crippen molar-refractivity contribution in [3.05, 3.63) is 65.6 Å². The van der Waals surface area contributed by atoms with Gasteiger partial charge in [-0.05, 0) is 24.6 Å². The number of rotatable bonds is 6. The number of anilines is 2. The lowest BCUT2D eigenvalue weighted by atomic mass is 10.1. The number of hydrogen-bond donors (Lipinski definition) is 5. The first-order chi connectivity index (χ1) is 12.0. The number of carbonyl (C=O) groups excluding carboxylic acids is 1. The van der Waals surface area contributed by atoms with Crippen molar-refractivity contribution in [3.63, 3.8) is 0 Å². The third-order valence-corrected chi connectivity index (χ3v) is 3.86. The second kappa shape index (κ2) is 6.48. The van der Waals surface area contributed by atoms with Gasteiger partial charge in [0.1, 0.15) is 5.82 Å². The van der Waals surface area contributed by atoms with Gasteiger partial charge in [0.05, 0.1) is 23.0 Å². The highest BCUT2D eigenvalue weighted by Crippen LogP contribution is 2.24. The van der Waals surface area contributed by atoms with Crippen molar-refractivity contribution in [1.82, 2.24) is 10.2 Å². The van der Waals surface area contributed by atoms with Crippen molar-refractivity contribution in [2.24, 2.45) is 5.73 Å². The number of carbonyl (C=O) groups is 1. The average molecular weight is 334 g/mol. The minimum Gasteiger partial charge on any atom is -0.366 e. The van der Waals surface area contributed by atoms with Crippen LogP contribution in [0.5, 0.6) is 0 Å². The van der Waals surface area contributed by atoms with Gasteiger partial charge in [-0.3, -0.25) is 9.89 Å². The predicted octanol–water partition coefficient (Wildman–Crippen LogP) is 2.96. The van der Waals surface area contributed by atoms with Crippen LogP contribution in [-0.2, 0) is 0 Å². The summed E-state index contributed by atoms with van der Waals surface area (Å²) in [5.74, 6) is -0.0229. The molecule has 0 fully saturated rings. The number of hydrogen-bond acceptors (Lipinski definition) is 5. The lowest BCUT2D eigenvalue weighted by molar-refractivity contribution is 0.100. The summed E-state index contributed by atoms with van der Waals surface area (Å²) in [7, 11) is 0. The Balaban J connectivity index is 1.88. The lowest BCUT2D eigenvalue weighted by Crippen LogP contribution is -2.14. The topological polar surface area (TPSA) is 120 Å². The van der Waals surface area contributed by atoms with E-state index in [1.807, 2.05) is 31.2 Å². The van der Waals surface area contributed by atoms with Gasteiger partial charge in [-0.2, -0.15) is 5.10 Å². The van der Waals surface area contributed by atoms with E-state index >= 15 is 0 Å². The Morgan fingerprint density at radius 3 is 2.88 bits per heavy atom. The number of benzene rings is 2. The van der Waals surface area contributed by atoms with Crippen LogP contribution in [0.1, 0.15) is 21.5 Å². The van der Waals surface area contributed by atoms with Gasteiger partial charge in [-0.25, -0.2) is 0 Å². The fourth-order valence-corrected chi connectivity index (χ4v) is 2.67. The first-order valence-corrected chi connectivity index (χ1v) is 7.59. The normalized spacial score (nSPS) is 10.4. The molecule has 0 aliphatic carbocycles. The SMILES string of the molecule is C=C(Nc1cc(C(N)=O)c2cn[nH]c2c1)Nc1c(C)cccc1C=N. The zero-order chi connectivity index (χ0) is 18.0. The first-order valence-electron chi connectivity index (χ1n) is 7.59. The number of aromatic nitrogens is 2. The van der Waals surface area contributed by atoms with Gasteiger partial charge in [-0.1, -0.05) is 24.8 Å². The number of primary amides is 1. The number of aromatic amines is 1. The standard InChI is InChI=1S/C18H18N6O/c1-10-4-3-5-12(8-19)17(10)23-11(2)22-13-6-14(18(20)25)15-9-21-24-16(15)7-13/h3-9,19,22-23H,2H2,1H3,(H2,20,25)(H,21,24). The average Bonchev–Trinajstić information content (AvgIpc) is 3.04. The molecular formula is C18H18N6O. The molecule has 6 N–H and O–H groups in total. The fourth-order valence-electron chi connectivity index (χ4n) is 2.67. The number of para-hydroxylation sites is 1. The largest absolute Gasteiger partial charge is 0.366 e. The minimum atomic E-state index is -0.529. The number of nitrogens with zero attached hydrogens (tertiary/aromatic N) is 1. The van der Waals surface area contributed by atoms with E-state index in [9.17, 15) is 4.79 Å². The van der Waals surface area contributed by atoms with Crippen molar-refractivity contribution in [2.75, 3.05) is 10.6 Å². The molecule has 2 aromatic carbocycles. The molecule has 0 aliphatic heterocycles. The van der Waals surface area contributed by atoms with Crippen LogP contribution >= 0.6 is 0 Å². The summed E-state index contributed by atoms with van der Waals surface area (Å²) in [5, 5.41) is 21.2. The van der Waals surface area contributed by atoms with E-state index in [0.717, 1.165) is 16.8 Å². The molecule has 0 saturated carbocycles. The van der Waals surface area contributed by atoms with E-state index < -0.39 is 5.91 Å². The quantitative estimate of drug-likeness (QED) is 0.445. The number of aryl methyl sites for hydroxylation is 1. The summed E-state index contributed by atoms with van der Waals surface area (Å²) in [6.07, 6.45) is 2.85. The highest BCUT2D eigenvalue weighted by molar-refractivity contribution is 6.06. The van der Waals surface area contributed by atoms with Crippen molar-refractivity contribution >= 4 is 34.4 Å². The molecule has 0 unspecified atom stereocenters. The Bertz CT molecular complexity index is 988. The van der Waals surface area contributed by atoms with E-state index in [1.165, 1.54) is 6.21 Å². The van der Waals surface area contributed by atoms with Crippen LogP contribution in [0.2, 0.25) is 0 Å². The van der Waals surface area contributed by atoms with Crippen LogP contribution < -0.4 is 16.4 Å². The van der Waals surface area contributed by atoms with Crippen LogP contribution in [0.4, 0.5) is 11.4 Å². The first kappa shape index (κ1) is 16.3. The van der Waals surface area contributed by atoms with Gasteiger partial charge in [0.25, 0.3) is 0 Å². The number of amides is 1. The van der Waals surface area contributed by atoms with Crippen LogP contribution in [-0.4, -0.2) is 22.3 Å². The summed E-state index contributed by atoms with van der Waals surface area (Å²) in [5.41, 5.74) is 9.71. The molecule has 3 aromatic rings. The number of H-pyrrole nitrogens is 1. The Labute approximate surface area is 144 Å². The van der Waals surface area contributed by atoms with E-state index in [1.54, 1.807) is 12.3 Å². The molecule has 1 heterocycles. The summed E-state index contributed by atoms with van der Waals surface area (Å²) in [6, 6.07) is 9.16. The van der Waals surface area contributed by atoms with Crippen LogP contribution in [0.3, 0.4) is 0 Å². The Morgan fingerprint density at radius 2 is 2.16 bits per heavy atom. The summed E-state index contributed by atoms with van der Waals surface area (Å²) in [6.45, 7) is 5.91. The Morgan fingerprint density at radius 1 is 1.36 bits per heavy atom. The highest BCUT2D eigenvalue weighted by atomic mass is 16.1. The third kappa shape index (κ3) is 3.20. The number of fused-ring (bicyclic) bond motifs is 1. The number of nitrogens with one attached hydrogen (secondary N) is 4. The molecule has 7 nitrogen and oxygen atoms in total. The molecule has 0 atom stereocenters. The van der Waals surface area contributed by atoms with E-state index in [4.69, 9.17) is 11.1 Å². The van der Waals surface area contributed by atoms with E-state index in [-0.39, 0.29) is 0 Å². The second-order valence-electron chi connectivity index (χ2n) is 5.63. The second-order valence-corrected chi connectivity index (χ2v) is 5.63. The van der Waals surface area contributed by atoms with E-state index in [0.29, 0.717) is 28.0 Å². The zero-order valence-corrected chi connectivity index (χ0v) is 13.7. The van der Waals surface area contributed by atoms with Crippen molar-refractivity contribution in [2.45, 2.75) is 6.92 Å². The highest BCUT2D eigenvalue weighted by Gasteiger charge is 2.11. The van der Waals surface area contributed by atoms with Crippen LogP contribution in [0.25, 0.3) is 10.9 Å². The third-order valence-electron chi connectivity index (χ3n) is 3.86. The molecule has 0 saturated heterocycles. The van der Waals surface area contributed by atoms with Gasteiger partial charge in [0, 0.05) is 22.9 Å². The van der Waals surface area contributed by atoms with Crippen molar-refractivity contribution in [3.8, 4) is 0 Å². The smallest absolute Gasteiger partial charge is 0.249 e. The lowest BCUT2D eigenvalue weighted by Gasteiger charge is -2.16. The molecule has 0 aliphatic rings. The fraction of sp³-hybridized carbons (Fsp3) is 0.0556. The molecule has 0 radical (unpaired) electrons. The van der Waals surface area contributed by atoms with Crippen molar-refractivity contribution in [1.29, 1.82) is 5.41 Å². The maximum absolute atomic E-state index is 11.7. The minimum absolute atomic E-state index is 0.373. The maximum atomic E-state index is 11.7. The molecule has 126 valence electrons. The van der Waals surface area contributed by atoms with Gasteiger partial charge in [-0.15, -0.1) is 0 Å². The Kier molecular flexibility index (Phi) is 4.21. The summed E-state index contributed by atoms with van der Waals surface area (Å²) in [4.78, 5) is 11.7. The zero-order valence-electron chi connectivity index (χ0n) is 13.7. The maximum Gasteiger partial charge on any atom is 0.249 e. The van der Waals surface area contributed by atoms with Gasteiger partial charge in [0.15, 0.2) is 0 Å². The van der Waals surface area contributed by atoms with Gasteiger partial charge >= 0.3 is 0 Å².